The fourth-order valence-corrected chi connectivity index (χ4v) is 5.86. The van der Waals surface area contributed by atoms with E-state index in [0.29, 0.717) is 0 Å². The summed E-state index contributed by atoms with van der Waals surface area (Å²) in [7, 11) is 0. The number of benzene rings is 1. The molecule has 0 atom stereocenters. The maximum atomic E-state index is 4.79. The third-order valence-electron chi connectivity index (χ3n) is 5.17. The van der Waals surface area contributed by atoms with Gasteiger partial charge in [-0.15, -0.1) is 22.7 Å². The fourth-order valence-electron chi connectivity index (χ4n) is 3.91. The molecular weight excluding hydrogens is 370 g/mol. The Morgan fingerprint density at radius 3 is 2.67 bits per heavy atom. The van der Waals surface area contributed by atoms with Crippen molar-refractivity contribution in [1.82, 2.24) is 9.97 Å². The standard InChI is InChI=1S/C22H21N3S2/c1-2-7-16(8-3-1)13-25(14-17-9-6-12-26-17)21-20-18-10-4-5-11-19(18)27-22(20)24-15-23-21/h1-3,6-9,12,15H,4-5,10-11,13-14H2. The van der Waals surface area contributed by atoms with Crippen molar-refractivity contribution < 1.29 is 0 Å². The van der Waals surface area contributed by atoms with Gasteiger partial charge in [-0.1, -0.05) is 36.4 Å². The molecule has 0 fully saturated rings. The van der Waals surface area contributed by atoms with Crippen LogP contribution in [0.4, 0.5) is 5.82 Å². The number of hydrogen-bond acceptors (Lipinski definition) is 5. The maximum absolute atomic E-state index is 4.79. The molecule has 3 aromatic heterocycles. The number of rotatable bonds is 5. The number of aromatic nitrogens is 2. The van der Waals surface area contributed by atoms with E-state index in [2.05, 4.69) is 57.7 Å². The Hall–Kier alpha value is -2.24. The van der Waals surface area contributed by atoms with Crippen LogP contribution in [0.3, 0.4) is 0 Å². The largest absolute Gasteiger partial charge is 0.346 e. The van der Waals surface area contributed by atoms with Crippen molar-refractivity contribution >= 4 is 38.7 Å². The summed E-state index contributed by atoms with van der Waals surface area (Å²) in [6.07, 6.45) is 6.67. The molecule has 27 heavy (non-hydrogen) atoms. The number of thiophene rings is 2. The summed E-state index contributed by atoms with van der Waals surface area (Å²) in [5.41, 5.74) is 2.81. The Morgan fingerprint density at radius 1 is 0.926 bits per heavy atom. The van der Waals surface area contributed by atoms with Gasteiger partial charge in [0.05, 0.1) is 11.9 Å². The van der Waals surface area contributed by atoms with Crippen molar-refractivity contribution in [1.29, 1.82) is 0 Å². The predicted octanol–water partition coefficient (Wildman–Crippen LogP) is 5.84. The zero-order chi connectivity index (χ0) is 18.1. The molecule has 0 radical (unpaired) electrons. The second-order valence-electron chi connectivity index (χ2n) is 7.01. The van der Waals surface area contributed by atoms with Crippen LogP contribution in [0.25, 0.3) is 10.2 Å². The Labute approximate surface area is 167 Å². The first-order valence-corrected chi connectivity index (χ1v) is 11.1. The first-order valence-electron chi connectivity index (χ1n) is 9.45. The third-order valence-corrected chi connectivity index (χ3v) is 7.23. The van der Waals surface area contributed by atoms with Crippen molar-refractivity contribution in [3.63, 3.8) is 0 Å². The Balaban J connectivity index is 1.61. The normalized spacial score (nSPS) is 13.6. The zero-order valence-corrected chi connectivity index (χ0v) is 16.7. The van der Waals surface area contributed by atoms with E-state index in [1.807, 2.05) is 22.7 Å². The van der Waals surface area contributed by atoms with Gasteiger partial charge in [0.1, 0.15) is 17.0 Å². The number of hydrogen-bond donors (Lipinski definition) is 0. The Kier molecular flexibility index (Phi) is 4.64. The summed E-state index contributed by atoms with van der Waals surface area (Å²) in [5.74, 6) is 1.09. The number of anilines is 1. The molecule has 0 unspecified atom stereocenters. The van der Waals surface area contributed by atoms with E-state index in [4.69, 9.17) is 4.98 Å². The highest BCUT2D eigenvalue weighted by atomic mass is 32.1. The van der Waals surface area contributed by atoms with Crippen LogP contribution < -0.4 is 4.90 Å². The molecule has 0 spiro atoms. The Bertz CT molecular complexity index is 1040. The molecule has 0 aliphatic heterocycles. The molecular formula is C22H21N3S2. The highest BCUT2D eigenvalue weighted by Crippen LogP contribution is 2.40. The topological polar surface area (TPSA) is 29.0 Å². The molecule has 0 bridgehead atoms. The highest BCUT2D eigenvalue weighted by Gasteiger charge is 2.23. The summed E-state index contributed by atoms with van der Waals surface area (Å²) in [6, 6.07) is 15.0. The van der Waals surface area contributed by atoms with Crippen molar-refractivity contribution in [3.8, 4) is 0 Å². The highest BCUT2D eigenvalue weighted by molar-refractivity contribution is 7.19. The summed E-state index contributed by atoms with van der Waals surface area (Å²) in [4.78, 5) is 15.9. The molecule has 3 heterocycles. The van der Waals surface area contributed by atoms with Crippen LogP contribution in [0, 0.1) is 0 Å². The number of aryl methyl sites for hydroxylation is 2. The molecule has 5 heteroatoms. The van der Waals surface area contributed by atoms with E-state index in [1.165, 1.54) is 45.5 Å². The van der Waals surface area contributed by atoms with E-state index in [-0.39, 0.29) is 0 Å². The number of fused-ring (bicyclic) bond motifs is 3. The van der Waals surface area contributed by atoms with Gasteiger partial charge in [-0.25, -0.2) is 9.97 Å². The molecule has 1 aliphatic carbocycles. The molecule has 136 valence electrons. The lowest BCUT2D eigenvalue weighted by atomic mass is 9.97. The van der Waals surface area contributed by atoms with Crippen LogP contribution in [-0.2, 0) is 25.9 Å². The zero-order valence-electron chi connectivity index (χ0n) is 15.1. The van der Waals surface area contributed by atoms with E-state index in [0.717, 1.165) is 30.2 Å². The van der Waals surface area contributed by atoms with Gasteiger partial charge in [0.15, 0.2) is 0 Å². The minimum atomic E-state index is 0.857. The molecule has 0 N–H and O–H groups in total. The SMILES string of the molecule is c1ccc(CN(Cc2cccs2)c2ncnc3sc4c(c23)CCCC4)cc1. The van der Waals surface area contributed by atoms with E-state index < -0.39 is 0 Å². The molecule has 4 aromatic rings. The third kappa shape index (κ3) is 3.37. The quantitative estimate of drug-likeness (QED) is 0.428. The Morgan fingerprint density at radius 2 is 1.81 bits per heavy atom. The van der Waals surface area contributed by atoms with Crippen LogP contribution in [0.15, 0.2) is 54.2 Å². The summed E-state index contributed by atoms with van der Waals surface area (Å²) < 4.78 is 0. The minimum Gasteiger partial charge on any atom is -0.346 e. The molecule has 0 amide bonds. The van der Waals surface area contributed by atoms with E-state index in [9.17, 15) is 0 Å². The second kappa shape index (κ2) is 7.41. The molecule has 1 aliphatic rings. The molecule has 0 saturated heterocycles. The van der Waals surface area contributed by atoms with Gasteiger partial charge < -0.3 is 4.90 Å². The van der Waals surface area contributed by atoms with Gasteiger partial charge in [-0.05, 0) is 48.3 Å². The smallest absolute Gasteiger partial charge is 0.141 e. The summed E-state index contributed by atoms with van der Waals surface area (Å²) in [5, 5.41) is 3.45. The number of nitrogens with zero attached hydrogens (tertiary/aromatic N) is 3. The first kappa shape index (κ1) is 16.9. The first-order chi connectivity index (χ1) is 13.4. The maximum Gasteiger partial charge on any atom is 0.141 e. The summed E-state index contributed by atoms with van der Waals surface area (Å²) >= 11 is 3.68. The molecule has 3 nitrogen and oxygen atoms in total. The van der Waals surface area contributed by atoms with Gasteiger partial charge in [0.2, 0.25) is 0 Å². The van der Waals surface area contributed by atoms with Crippen molar-refractivity contribution in [3.05, 3.63) is 75.1 Å². The lowest BCUT2D eigenvalue weighted by molar-refractivity contribution is 0.699. The van der Waals surface area contributed by atoms with Gasteiger partial charge in [0, 0.05) is 16.3 Å². The minimum absolute atomic E-state index is 0.857. The predicted molar refractivity (Wildman–Crippen MR) is 115 cm³/mol. The lowest BCUT2D eigenvalue weighted by Gasteiger charge is -2.25. The monoisotopic (exact) mass is 391 g/mol. The van der Waals surface area contributed by atoms with Crippen molar-refractivity contribution in [2.45, 2.75) is 38.8 Å². The van der Waals surface area contributed by atoms with Crippen LogP contribution in [0.5, 0.6) is 0 Å². The van der Waals surface area contributed by atoms with E-state index >= 15 is 0 Å². The van der Waals surface area contributed by atoms with Crippen LogP contribution >= 0.6 is 22.7 Å². The van der Waals surface area contributed by atoms with Crippen LogP contribution in [0.2, 0.25) is 0 Å². The molecule has 0 saturated carbocycles. The van der Waals surface area contributed by atoms with Gasteiger partial charge >= 0.3 is 0 Å². The average molecular weight is 392 g/mol. The second-order valence-corrected chi connectivity index (χ2v) is 9.13. The molecule has 5 rings (SSSR count). The van der Waals surface area contributed by atoms with E-state index in [1.54, 1.807) is 6.33 Å². The summed E-state index contributed by atoms with van der Waals surface area (Å²) in [6.45, 7) is 1.73. The van der Waals surface area contributed by atoms with Crippen molar-refractivity contribution in [2.24, 2.45) is 0 Å². The van der Waals surface area contributed by atoms with Gasteiger partial charge in [-0.2, -0.15) is 0 Å². The van der Waals surface area contributed by atoms with Crippen LogP contribution in [0.1, 0.15) is 33.7 Å². The van der Waals surface area contributed by atoms with Crippen molar-refractivity contribution in [2.75, 3.05) is 4.90 Å². The van der Waals surface area contributed by atoms with Gasteiger partial charge in [0.25, 0.3) is 0 Å². The fraction of sp³-hybridized carbons (Fsp3) is 0.273. The lowest BCUT2D eigenvalue weighted by Crippen LogP contribution is -2.23. The molecule has 1 aromatic carbocycles. The van der Waals surface area contributed by atoms with Crippen LogP contribution in [-0.4, -0.2) is 9.97 Å². The van der Waals surface area contributed by atoms with Gasteiger partial charge in [-0.3, -0.25) is 0 Å². The average Bonchev–Trinajstić information content (AvgIpc) is 3.35.